The molecule has 0 aliphatic carbocycles. The van der Waals surface area contributed by atoms with Crippen LogP contribution in [0.1, 0.15) is 41.3 Å². The van der Waals surface area contributed by atoms with E-state index in [1.54, 1.807) is 17.0 Å². The first-order valence-corrected chi connectivity index (χ1v) is 10.7. The Hall–Kier alpha value is -3.62. The van der Waals surface area contributed by atoms with Crippen LogP contribution in [-0.2, 0) is 20.8 Å². The third-order valence-corrected chi connectivity index (χ3v) is 6.01. The lowest BCUT2D eigenvalue weighted by atomic mass is 9.89. The molecule has 0 spiro atoms. The van der Waals surface area contributed by atoms with Crippen molar-refractivity contribution in [1.82, 2.24) is 15.6 Å². The Morgan fingerprint density at radius 3 is 2.58 bits per heavy atom. The highest BCUT2D eigenvalue weighted by atomic mass is 19.1. The first-order chi connectivity index (χ1) is 15.7. The van der Waals surface area contributed by atoms with Crippen LogP contribution in [0.15, 0.2) is 30.8 Å². The van der Waals surface area contributed by atoms with Gasteiger partial charge in [0.15, 0.2) is 0 Å². The second-order valence-electron chi connectivity index (χ2n) is 8.35. The summed E-state index contributed by atoms with van der Waals surface area (Å²) in [6, 6.07) is 5.88. The second-order valence-corrected chi connectivity index (χ2v) is 8.35. The fourth-order valence-electron chi connectivity index (χ4n) is 4.22. The smallest absolute Gasteiger partial charge is 0.234 e. The Balaban J connectivity index is 1.34. The molecule has 1 unspecified atom stereocenters. The maximum atomic E-state index is 14.7. The maximum Gasteiger partial charge on any atom is 0.234 e. The van der Waals surface area contributed by atoms with Crippen molar-refractivity contribution in [3.63, 3.8) is 0 Å². The molecule has 2 saturated heterocycles. The summed E-state index contributed by atoms with van der Waals surface area (Å²) in [5.74, 6) is -3.98. The standard InChI is InChI=1S/C24H24F2N4O3/c1-3-14-4-5-15(27-13(14)2)8-22(32)28-16-11-30(12-16)17-9-19(25)23(20(26)10-17)18-6-7-21(31)29-24(18)33/h3-5,9-10,16,18H,1,6-8,11-12H2,2H3,(H,28,32)(H,29,31,33). The number of nitrogens with zero attached hydrogens (tertiary/aromatic N) is 2. The van der Waals surface area contributed by atoms with Gasteiger partial charge in [-0.1, -0.05) is 18.7 Å². The van der Waals surface area contributed by atoms with Gasteiger partial charge >= 0.3 is 0 Å². The van der Waals surface area contributed by atoms with E-state index < -0.39 is 29.4 Å². The largest absolute Gasteiger partial charge is 0.367 e. The number of carbonyl (C=O) groups is 3. The molecule has 1 atom stereocenters. The van der Waals surface area contributed by atoms with E-state index in [9.17, 15) is 23.2 Å². The zero-order valence-corrected chi connectivity index (χ0v) is 18.2. The number of anilines is 1. The number of aryl methyl sites for hydroxylation is 1. The van der Waals surface area contributed by atoms with E-state index in [1.165, 1.54) is 12.1 Å². The highest BCUT2D eigenvalue weighted by Gasteiger charge is 2.34. The monoisotopic (exact) mass is 454 g/mol. The normalized spacial score (nSPS) is 18.5. The average Bonchev–Trinajstić information content (AvgIpc) is 2.71. The maximum absolute atomic E-state index is 14.7. The molecule has 0 radical (unpaired) electrons. The third kappa shape index (κ3) is 4.76. The quantitative estimate of drug-likeness (QED) is 0.654. The number of carbonyl (C=O) groups excluding carboxylic acids is 3. The number of hydrogen-bond donors (Lipinski definition) is 2. The SMILES string of the molecule is C=Cc1ccc(CC(=O)NC2CN(c3cc(F)c(C4CCC(=O)NC4=O)c(F)c3)C2)nc1C. The van der Waals surface area contributed by atoms with Crippen LogP contribution in [0.2, 0.25) is 0 Å². The molecular formula is C24H24F2N4O3. The molecule has 9 heteroatoms. The third-order valence-electron chi connectivity index (χ3n) is 6.01. The summed E-state index contributed by atoms with van der Waals surface area (Å²) < 4.78 is 29.4. The van der Waals surface area contributed by atoms with Gasteiger partial charge in [-0.25, -0.2) is 8.78 Å². The molecule has 3 heterocycles. The molecule has 172 valence electrons. The van der Waals surface area contributed by atoms with Gasteiger partial charge < -0.3 is 10.2 Å². The van der Waals surface area contributed by atoms with Crippen molar-refractivity contribution >= 4 is 29.5 Å². The Kier molecular flexibility index (Phi) is 6.22. The van der Waals surface area contributed by atoms with Crippen LogP contribution in [0.3, 0.4) is 0 Å². The Labute approximate surface area is 189 Å². The zero-order chi connectivity index (χ0) is 23.7. The summed E-state index contributed by atoms with van der Waals surface area (Å²) in [5, 5.41) is 5.02. The molecule has 2 N–H and O–H groups in total. The van der Waals surface area contributed by atoms with E-state index in [4.69, 9.17) is 0 Å². The fourth-order valence-corrected chi connectivity index (χ4v) is 4.22. The molecule has 0 saturated carbocycles. The molecule has 2 aliphatic heterocycles. The first-order valence-electron chi connectivity index (χ1n) is 10.7. The van der Waals surface area contributed by atoms with E-state index in [0.29, 0.717) is 24.5 Å². The summed E-state index contributed by atoms with van der Waals surface area (Å²) in [6.45, 7) is 6.38. The molecule has 4 rings (SSSR count). The summed E-state index contributed by atoms with van der Waals surface area (Å²) in [5.41, 5.74) is 2.38. The molecule has 0 bridgehead atoms. The minimum absolute atomic E-state index is 0.0397. The predicted octanol–water partition coefficient (Wildman–Crippen LogP) is 2.38. The number of pyridine rings is 1. The molecule has 7 nitrogen and oxygen atoms in total. The Morgan fingerprint density at radius 2 is 1.97 bits per heavy atom. The van der Waals surface area contributed by atoms with Crippen LogP contribution in [0.4, 0.5) is 14.5 Å². The fraction of sp³-hybridized carbons (Fsp3) is 0.333. The van der Waals surface area contributed by atoms with Crippen LogP contribution in [0.5, 0.6) is 0 Å². The van der Waals surface area contributed by atoms with Crippen molar-refractivity contribution in [2.75, 3.05) is 18.0 Å². The van der Waals surface area contributed by atoms with Crippen molar-refractivity contribution in [2.24, 2.45) is 0 Å². The number of nitrogens with one attached hydrogen (secondary N) is 2. The summed E-state index contributed by atoms with van der Waals surface area (Å²) in [7, 11) is 0. The predicted molar refractivity (Wildman–Crippen MR) is 118 cm³/mol. The lowest BCUT2D eigenvalue weighted by molar-refractivity contribution is -0.134. The van der Waals surface area contributed by atoms with E-state index in [0.717, 1.165) is 11.3 Å². The Morgan fingerprint density at radius 1 is 1.27 bits per heavy atom. The average molecular weight is 454 g/mol. The van der Waals surface area contributed by atoms with Gasteiger partial charge in [0.2, 0.25) is 17.7 Å². The van der Waals surface area contributed by atoms with Crippen LogP contribution in [-0.4, -0.2) is 41.8 Å². The van der Waals surface area contributed by atoms with Gasteiger partial charge in [0, 0.05) is 36.5 Å². The van der Waals surface area contributed by atoms with E-state index in [1.807, 2.05) is 13.0 Å². The van der Waals surface area contributed by atoms with Gasteiger partial charge in [-0.15, -0.1) is 0 Å². The number of amides is 3. The number of hydrogen-bond acceptors (Lipinski definition) is 5. The van der Waals surface area contributed by atoms with Crippen molar-refractivity contribution in [2.45, 2.75) is 38.1 Å². The number of imide groups is 1. The highest BCUT2D eigenvalue weighted by Crippen LogP contribution is 2.33. The molecule has 2 fully saturated rings. The number of piperidine rings is 1. The minimum Gasteiger partial charge on any atom is -0.367 e. The molecule has 2 aromatic rings. The summed E-state index contributed by atoms with van der Waals surface area (Å²) in [4.78, 5) is 41.8. The minimum atomic E-state index is -1.03. The molecule has 2 aliphatic rings. The van der Waals surface area contributed by atoms with Crippen molar-refractivity contribution < 1.29 is 23.2 Å². The molecule has 3 amide bonds. The van der Waals surface area contributed by atoms with Crippen molar-refractivity contribution in [1.29, 1.82) is 0 Å². The first kappa shape index (κ1) is 22.6. The van der Waals surface area contributed by atoms with Gasteiger partial charge in [0.25, 0.3) is 0 Å². The van der Waals surface area contributed by atoms with Gasteiger partial charge in [-0.2, -0.15) is 0 Å². The topological polar surface area (TPSA) is 91.4 Å². The van der Waals surface area contributed by atoms with Crippen LogP contribution < -0.4 is 15.5 Å². The lowest BCUT2D eigenvalue weighted by Crippen LogP contribution is -2.59. The van der Waals surface area contributed by atoms with E-state index in [2.05, 4.69) is 22.2 Å². The molecule has 1 aromatic carbocycles. The van der Waals surface area contributed by atoms with E-state index in [-0.39, 0.29) is 36.8 Å². The van der Waals surface area contributed by atoms with Crippen LogP contribution in [0, 0.1) is 18.6 Å². The van der Waals surface area contributed by atoms with Crippen LogP contribution >= 0.6 is 0 Å². The van der Waals surface area contributed by atoms with Gasteiger partial charge in [-0.05, 0) is 37.1 Å². The van der Waals surface area contributed by atoms with Gasteiger partial charge in [-0.3, -0.25) is 24.7 Å². The second kappa shape index (κ2) is 9.09. The van der Waals surface area contributed by atoms with Crippen molar-refractivity contribution in [3.8, 4) is 0 Å². The lowest BCUT2D eigenvalue weighted by Gasteiger charge is -2.41. The molecule has 33 heavy (non-hydrogen) atoms. The number of rotatable bonds is 6. The van der Waals surface area contributed by atoms with Crippen molar-refractivity contribution in [3.05, 3.63) is 65.0 Å². The molecular weight excluding hydrogens is 430 g/mol. The number of benzene rings is 1. The number of aromatic nitrogens is 1. The highest BCUT2D eigenvalue weighted by molar-refractivity contribution is 6.01. The van der Waals surface area contributed by atoms with Gasteiger partial charge in [0.05, 0.1) is 24.1 Å². The summed E-state index contributed by atoms with van der Waals surface area (Å²) >= 11 is 0. The number of halogens is 2. The van der Waals surface area contributed by atoms with Crippen LogP contribution in [0.25, 0.3) is 6.08 Å². The van der Waals surface area contributed by atoms with Gasteiger partial charge in [0.1, 0.15) is 11.6 Å². The van der Waals surface area contributed by atoms with E-state index >= 15 is 0 Å². The summed E-state index contributed by atoms with van der Waals surface area (Å²) in [6.07, 6.45) is 1.95. The zero-order valence-electron chi connectivity index (χ0n) is 18.2. The Bertz CT molecular complexity index is 1120. The molecule has 1 aromatic heterocycles.